The van der Waals surface area contributed by atoms with Crippen molar-refractivity contribution in [3.8, 4) is 5.88 Å². The Labute approximate surface area is 226 Å². The number of aromatic nitrogens is 2. The second-order valence-corrected chi connectivity index (χ2v) is 12.1. The lowest BCUT2D eigenvalue weighted by Gasteiger charge is -2.31. The molecular weight excluding hydrogens is 502 g/mol. The molecule has 7 rings (SSSR count). The minimum Gasteiger partial charge on any atom is -0.477 e. The molecular formula is C28H33N5O4S. The number of rotatable bonds is 5. The third kappa shape index (κ3) is 4.80. The van der Waals surface area contributed by atoms with Gasteiger partial charge in [0.2, 0.25) is 5.88 Å². The second kappa shape index (κ2) is 9.96. The van der Waals surface area contributed by atoms with E-state index in [9.17, 15) is 9.59 Å². The highest BCUT2D eigenvalue weighted by Gasteiger charge is 2.37. The van der Waals surface area contributed by atoms with E-state index >= 15 is 0 Å². The molecule has 38 heavy (non-hydrogen) atoms. The Morgan fingerprint density at radius 2 is 1.74 bits per heavy atom. The number of pyridine rings is 1. The highest BCUT2D eigenvalue weighted by atomic mass is 32.1. The second-order valence-electron chi connectivity index (χ2n) is 11.2. The van der Waals surface area contributed by atoms with Crippen molar-refractivity contribution in [2.75, 3.05) is 52.5 Å². The van der Waals surface area contributed by atoms with E-state index in [4.69, 9.17) is 14.5 Å². The fraction of sp³-hybridized carbons (Fsp3) is 0.571. The Morgan fingerprint density at radius 1 is 0.974 bits per heavy atom. The Hall–Kier alpha value is -2.98. The molecule has 9 nitrogen and oxygen atoms in total. The molecule has 0 N–H and O–H groups in total. The lowest BCUT2D eigenvalue weighted by Crippen LogP contribution is -2.45. The molecule has 4 aliphatic heterocycles. The summed E-state index contributed by atoms with van der Waals surface area (Å²) in [4.78, 5) is 43.0. The summed E-state index contributed by atoms with van der Waals surface area (Å²) >= 11 is 1.68. The maximum Gasteiger partial charge on any atom is 0.320 e. The summed E-state index contributed by atoms with van der Waals surface area (Å²) < 4.78 is 11.6. The molecule has 1 saturated carbocycles. The third-order valence-corrected chi connectivity index (χ3v) is 9.34. The number of nitrogens with zero attached hydrogens (tertiary/aromatic N) is 5. The number of amides is 3. The van der Waals surface area contributed by atoms with Crippen LogP contribution < -0.4 is 4.74 Å². The van der Waals surface area contributed by atoms with Gasteiger partial charge in [-0.3, -0.25) is 4.79 Å². The fourth-order valence-electron chi connectivity index (χ4n) is 5.96. The first-order chi connectivity index (χ1) is 18.6. The monoisotopic (exact) mass is 535 g/mol. The van der Waals surface area contributed by atoms with Crippen LogP contribution >= 0.6 is 11.3 Å². The van der Waals surface area contributed by atoms with E-state index in [1.807, 2.05) is 32.3 Å². The lowest BCUT2D eigenvalue weighted by molar-refractivity contribution is 0.0490. The first-order valence-electron chi connectivity index (χ1n) is 13.8. The van der Waals surface area contributed by atoms with Crippen LogP contribution in [0.5, 0.6) is 5.88 Å². The maximum atomic E-state index is 13.6. The summed E-state index contributed by atoms with van der Waals surface area (Å²) in [6.07, 6.45) is 5.12. The molecule has 0 bridgehead atoms. The molecule has 0 aromatic carbocycles. The van der Waals surface area contributed by atoms with Gasteiger partial charge in [-0.25, -0.2) is 14.8 Å². The summed E-state index contributed by atoms with van der Waals surface area (Å²) in [5.41, 5.74) is 6.93. The highest BCUT2D eigenvalue weighted by molar-refractivity contribution is 7.09. The predicted molar refractivity (Wildman–Crippen MR) is 141 cm³/mol. The molecule has 0 unspecified atom stereocenters. The van der Waals surface area contributed by atoms with Gasteiger partial charge in [0.05, 0.1) is 24.4 Å². The van der Waals surface area contributed by atoms with Crippen molar-refractivity contribution < 1.29 is 19.1 Å². The Bertz CT molecular complexity index is 1260. The van der Waals surface area contributed by atoms with E-state index in [1.54, 1.807) is 11.3 Å². The molecule has 1 saturated heterocycles. The highest BCUT2D eigenvalue weighted by Crippen LogP contribution is 2.40. The topological polar surface area (TPSA) is 88.1 Å². The molecule has 0 atom stereocenters. The minimum absolute atomic E-state index is 0.0181. The zero-order valence-electron chi connectivity index (χ0n) is 21.6. The number of carbonyl (C=O) groups is 2. The number of urea groups is 1. The summed E-state index contributed by atoms with van der Waals surface area (Å²) in [6, 6.07) is 3.85. The molecule has 0 spiro atoms. The Kier molecular flexibility index (Phi) is 6.31. The van der Waals surface area contributed by atoms with Crippen LogP contribution in [0.4, 0.5) is 4.79 Å². The van der Waals surface area contributed by atoms with Crippen molar-refractivity contribution in [1.29, 1.82) is 0 Å². The minimum atomic E-state index is 0.0181. The van der Waals surface area contributed by atoms with Crippen LogP contribution in [0.3, 0.4) is 0 Å². The van der Waals surface area contributed by atoms with Crippen LogP contribution in [0, 0.1) is 5.92 Å². The summed E-state index contributed by atoms with van der Waals surface area (Å²) in [5, 5.41) is 0. The van der Waals surface area contributed by atoms with Gasteiger partial charge in [0, 0.05) is 80.5 Å². The lowest BCUT2D eigenvalue weighted by atomic mass is 10.0. The van der Waals surface area contributed by atoms with Gasteiger partial charge in [0.25, 0.3) is 5.91 Å². The quantitative estimate of drug-likeness (QED) is 0.545. The van der Waals surface area contributed by atoms with Gasteiger partial charge in [-0.15, -0.1) is 11.3 Å². The van der Waals surface area contributed by atoms with Crippen LogP contribution in [0.25, 0.3) is 0 Å². The van der Waals surface area contributed by atoms with E-state index in [0.29, 0.717) is 62.6 Å². The van der Waals surface area contributed by atoms with Crippen molar-refractivity contribution in [2.24, 2.45) is 5.92 Å². The van der Waals surface area contributed by atoms with Gasteiger partial charge in [-0.2, -0.15) is 0 Å². The zero-order chi connectivity index (χ0) is 25.6. The van der Waals surface area contributed by atoms with Gasteiger partial charge in [0.15, 0.2) is 0 Å². The number of fused-ring (bicyclic) bond motifs is 1. The van der Waals surface area contributed by atoms with Crippen LogP contribution in [-0.4, -0.2) is 89.2 Å². The molecule has 2 aromatic rings. The average Bonchev–Trinajstić information content (AvgIpc) is 3.37. The number of hydrogen-bond acceptors (Lipinski definition) is 7. The summed E-state index contributed by atoms with van der Waals surface area (Å²) in [7, 11) is 0. The molecule has 1 aliphatic carbocycles. The van der Waals surface area contributed by atoms with Gasteiger partial charge in [0.1, 0.15) is 0 Å². The normalized spacial score (nSPS) is 21.6. The predicted octanol–water partition coefficient (Wildman–Crippen LogP) is 3.47. The molecule has 2 aromatic heterocycles. The average molecular weight is 536 g/mol. The van der Waals surface area contributed by atoms with Crippen LogP contribution in [-0.2, 0) is 17.7 Å². The largest absolute Gasteiger partial charge is 0.477 e. The standard InChI is InChI=1S/C28H33N5O4S/c34-27(20-9-23(19-1-2-19)30-26(10-20)37-16-18-4-7-36-8-5-18)32-11-21-13-33(14-22(21)12-32)28(35)31-6-3-25-24(15-31)29-17-38-25/h9-10,17-19H,1-8,11-16H2. The summed E-state index contributed by atoms with van der Waals surface area (Å²) in [5.74, 6) is 1.49. The van der Waals surface area contributed by atoms with Gasteiger partial charge in [-0.05, 0) is 48.8 Å². The van der Waals surface area contributed by atoms with Gasteiger partial charge in [-0.1, -0.05) is 0 Å². The first kappa shape index (κ1) is 24.1. The molecule has 10 heteroatoms. The third-order valence-electron chi connectivity index (χ3n) is 8.40. The van der Waals surface area contributed by atoms with Crippen molar-refractivity contribution >= 4 is 23.3 Å². The Morgan fingerprint density at radius 3 is 2.50 bits per heavy atom. The smallest absolute Gasteiger partial charge is 0.320 e. The number of thiazole rings is 1. The molecule has 0 radical (unpaired) electrons. The molecule has 200 valence electrons. The fourth-order valence-corrected chi connectivity index (χ4v) is 6.72. The van der Waals surface area contributed by atoms with E-state index in [2.05, 4.69) is 4.98 Å². The van der Waals surface area contributed by atoms with Gasteiger partial charge >= 0.3 is 6.03 Å². The van der Waals surface area contributed by atoms with Crippen molar-refractivity contribution in [3.05, 3.63) is 50.6 Å². The number of hydrogen-bond donors (Lipinski definition) is 0. The van der Waals surface area contributed by atoms with E-state index in [1.165, 1.54) is 16.0 Å². The van der Waals surface area contributed by atoms with Crippen molar-refractivity contribution in [2.45, 2.75) is 44.6 Å². The zero-order valence-corrected chi connectivity index (χ0v) is 22.4. The van der Waals surface area contributed by atoms with Gasteiger partial charge < -0.3 is 24.2 Å². The van der Waals surface area contributed by atoms with E-state index in [-0.39, 0.29) is 11.9 Å². The van der Waals surface area contributed by atoms with Crippen molar-refractivity contribution in [3.63, 3.8) is 0 Å². The molecule has 5 aliphatic rings. The summed E-state index contributed by atoms with van der Waals surface area (Å²) in [6.45, 7) is 5.87. The molecule has 3 amide bonds. The van der Waals surface area contributed by atoms with E-state index < -0.39 is 0 Å². The molecule has 6 heterocycles. The van der Waals surface area contributed by atoms with Crippen LogP contribution in [0.2, 0.25) is 0 Å². The van der Waals surface area contributed by atoms with Crippen LogP contribution in [0.15, 0.2) is 28.8 Å². The van der Waals surface area contributed by atoms with E-state index in [0.717, 1.165) is 63.3 Å². The number of carbonyl (C=O) groups excluding carboxylic acids is 2. The first-order valence-corrected chi connectivity index (χ1v) is 14.7. The van der Waals surface area contributed by atoms with Crippen molar-refractivity contribution in [1.82, 2.24) is 24.7 Å². The number of ether oxygens (including phenoxy) is 2. The molecule has 2 fully saturated rings. The Balaban J connectivity index is 0.981. The maximum absolute atomic E-state index is 13.6. The SMILES string of the molecule is O=C(c1cc(OCC2CCOCC2)nc(C2CC2)c1)N1CC2=C(C1)CN(C(=O)N1CCc3scnc3C1)C2. The van der Waals surface area contributed by atoms with Crippen LogP contribution in [0.1, 0.15) is 58.2 Å².